The van der Waals surface area contributed by atoms with Crippen molar-refractivity contribution in [3.05, 3.63) is 15.6 Å². The molecular weight excluding hydrogens is 256 g/mol. The summed E-state index contributed by atoms with van der Waals surface area (Å²) in [6.45, 7) is 9.42. The molecule has 0 bridgehead atoms. The van der Waals surface area contributed by atoms with Gasteiger partial charge in [-0.1, -0.05) is 6.92 Å². The second-order valence-electron chi connectivity index (χ2n) is 5.49. The van der Waals surface area contributed by atoms with Gasteiger partial charge < -0.3 is 10.1 Å². The maximum Gasteiger partial charge on any atom is 0.0946 e. The Morgan fingerprint density at radius 1 is 1.47 bits per heavy atom. The highest BCUT2D eigenvalue weighted by atomic mass is 32.1. The zero-order valence-electron chi connectivity index (χ0n) is 12.4. The molecule has 1 aromatic rings. The summed E-state index contributed by atoms with van der Waals surface area (Å²) in [7, 11) is 0. The summed E-state index contributed by atoms with van der Waals surface area (Å²) in [6, 6.07) is 0.519. The van der Waals surface area contributed by atoms with Crippen LogP contribution in [0.25, 0.3) is 0 Å². The predicted molar refractivity (Wildman–Crippen MR) is 80.9 cm³/mol. The molecule has 3 nitrogen and oxygen atoms in total. The standard InChI is InChI=1S/C15H26N2OS/c1-4-7-16-14(13-6-5-8-18-10-13)9-15-17-11(2)12(3)19-15/h13-14,16H,4-10H2,1-3H3. The maximum atomic E-state index is 5.65. The Morgan fingerprint density at radius 2 is 2.32 bits per heavy atom. The third kappa shape index (κ3) is 4.26. The van der Waals surface area contributed by atoms with Crippen molar-refractivity contribution in [2.45, 2.75) is 52.5 Å². The molecule has 1 aliphatic heterocycles. The summed E-state index contributed by atoms with van der Waals surface area (Å²) in [5.41, 5.74) is 1.19. The van der Waals surface area contributed by atoms with Gasteiger partial charge in [0.1, 0.15) is 0 Å². The number of hydrogen-bond acceptors (Lipinski definition) is 4. The zero-order chi connectivity index (χ0) is 13.7. The van der Waals surface area contributed by atoms with E-state index in [4.69, 9.17) is 9.72 Å². The van der Waals surface area contributed by atoms with Gasteiger partial charge in [-0.15, -0.1) is 11.3 Å². The minimum Gasteiger partial charge on any atom is -0.381 e. The third-order valence-corrected chi connectivity index (χ3v) is 4.98. The lowest BCUT2D eigenvalue weighted by Gasteiger charge is -2.30. The maximum absolute atomic E-state index is 5.65. The van der Waals surface area contributed by atoms with Crippen molar-refractivity contribution in [3.8, 4) is 0 Å². The van der Waals surface area contributed by atoms with Crippen molar-refractivity contribution in [1.82, 2.24) is 10.3 Å². The van der Waals surface area contributed by atoms with Crippen LogP contribution >= 0.6 is 11.3 Å². The lowest BCUT2D eigenvalue weighted by atomic mass is 9.91. The molecule has 108 valence electrons. The molecule has 0 aromatic carbocycles. The summed E-state index contributed by atoms with van der Waals surface area (Å²) < 4.78 is 5.65. The molecule has 1 saturated heterocycles. The summed E-state index contributed by atoms with van der Waals surface area (Å²) in [6.07, 6.45) is 4.71. The number of aryl methyl sites for hydroxylation is 2. The van der Waals surface area contributed by atoms with Crippen LogP contribution in [0.15, 0.2) is 0 Å². The lowest BCUT2D eigenvalue weighted by molar-refractivity contribution is 0.0393. The molecule has 2 atom stereocenters. The molecule has 2 heterocycles. The van der Waals surface area contributed by atoms with Gasteiger partial charge in [-0.25, -0.2) is 4.98 Å². The van der Waals surface area contributed by atoms with E-state index in [0.29, 0.717) is 12.0 Å². The van der Waals surface area contributed by atoms with Crippen LogP contribution in [0, 0.1) is 19.8 Å². The fourth-order valence-electron chi connectivity index (χ4n) is 2.63. The first-order chi connectivity index (χ1) is 9.20. The highest BCUT2D eigenvalue weighted by Gasteiger charge is 2.25. The molecule has 0 radical (unpaired) electrons. The first-order valence-corrected chi connectivity index (χ1v) is 8.26. The topological polar surface area (TPSA) is 34.2 Å². The van der Waals surface area contributed by atoms with Gasteiger partial charge in [-0.05, 0) is 45.6 Å². The molecule has 1 aromatic heterocycles. The lowest BCUT2D eigenvalue weighted by Crippen LogP contribution is -2.42. The van der Waals surface area contributed by atoms with Gasteiger partial charge in [0.15, 0.2) is 0 Å². The molecule has 4 heteroatoms. The van der Waals surface area contributed by atoms with Gasteiger partial charge in [0, 0.05) is 23.9 Å². The third-order valence-electron chi connectivity index (χ3n) is 3.89. The SMILES string of the molecule is CCCNC(Cc1nc(C)c(C)s1)C1CCCOC1. The molecule has 0 saturated carbocycles. The molecule has 2 unspecified atom stereocenters. The van der Waals surface area contributed by atoms with Crippen molar-refractivity contribution >= 4 is 11.3 Å². The minimum absolute atomic E-state index is 0.519. The molecule has 2 rings (SSSR count). The molecule has 0 aliphatic carbocycles. The Morgan fingerprint density at radius 3 is 2.89 bits per heavy atom. The van der Waals surface area contributed by atoms with Crippen molar-refractivity contribution in [2.24, 2.45) is 5.92 Å². The number of hydrogen-bond donors (Lipinski definition) is 1. The van der Waals surface area contributed by atoms with E-state index in [9.17, 15) is 0 Å². The summed E-state index contributed by atoms with van der Waals surface area (Å²) in [4.78, 5) is 6.04. The van der Waals surface area contributed by atoms with E-state index < -0.39 is 0 Å². The highest BCUT2D eigenvalue weighted by Crippen LogP contribution is 2.23. The molecule has 1 aliphatic rings. The number of thiazole rings is 1. The summed E-state index contributed by atoms with van der Waals surface area (Å²) in [5.74, 6) is 0.643. The second kappa shape index (κ2) is 7.36. The minimum atomic E-state index is 0.519. The Balaban J connectivity index is 1.99. The van der Waals surface area contributed by atoms with Crippen LogP contribution in [0.3, 0.4) is 0 Å². The van der Waals surface area contributed by atoms with Crippen molar-refractivity contribution in [3.63, 3.8) is 0 Å². The first kappa shape index (κ1) is 14.9. The fraction of sp³-hybridized carbons (Fsp3) is 0.800. The highest BCUT2D eigenvalue weighted by molar-refractivity contribution is 7.11. The Hall–Kier alpha value is -0.450. The smallest absolute Gasteiger partial charge is 0.0946 e. The molecular formula is C15H26N2OS. The average molecular weight is 282 g/mol. The number of nitrogens with zero attached hydrogens (tertiary/aromatic N) is 1. The number of rotatable bonds is 6. The van der Waals surface area contributed by atoms with E-state index in [1.54, 1.807) is 0 Å². The summed E-state index contributed by atoms with van der Waals surface area (Å²) in [5, 5.41) is 4.98. The normalized spacial score (nSPS) is 21.5. The van der Waals surface area contributed by atoms with E-state index in [1.807, 2.05) is 11.3 Å². The largest absolute Gasteiger partial charge is 0.381 e. The van der Waals surface area contributed by atoms with Crippen LogP contribution in [0.4, 0.5) is 0 Å². The van der Waals surface area contributed by atoms with Crippen LogP contribution in [-0.2, 0) is 11.2 Å². The van der Waals surface area contributed by atoms with Crippen LogP contribution in [0.2, 0.25) is 0 Å². The van der Waals surface area contributed by atoms with Crippen LogP contribution in [0.5, 0.6) is 0 Å². The monoisotopic (exact) mass is 282 g/mol. The van der Waals surface area contributed by atoms with Crippen molar-refractivity contribution < 1.29 is 4.74 Å². The van der Waals surface area contributed by atoms with Gasteiger partial charge in [0.25, 0.3) is 0 Å². The van der Waals surface area contributed by atoms with Crippen LogP contribution in [0.1, 0.15) is 41.8 Å². The van der Waals surface area contributed by atoms with E-state index in [1.165, 1.54) is 34.8 Å². The van der Waals surface area contributed by atoms with Gasteiger partial charge >= 0.3 is 0 Å². The van der Waals surface area contributed by atoms with Gasteiger partial charge in [-0.3, -0.25) is 0 Å². The number of nitrogens with one attached hydrogen (secondary N) is 1. The van der Waals surface area contributed by atoms with Crippen molar-refractivity contribution in [1.29, 1.82) is 0 Å². The second-order valence-corrected chi connectivity index (χ2v) is 6.78. The fourth-order valence-corrected chi connectivity index (χ4v) is 3.63. The Labute approximate surface area is 120 Å². The number of aromatic nitrogens is 1. The van der Waals surface area contributed by atoms with E-state index in [2.05, 4.69) is 26.1 Å². The van der Waals surface area contributed by atoms with Gasteiger partial charge in [-0.2, -0.15) is 0 Å². The molecule has 0 amide bonds. The van der Waals surface area contributed by atoms with Crippen LogP contribution in [-0.4, -0.2) is 30.8 Å². The molecule has 19 heavy (non-hydrogen) atoms. The van der Waals surface area contributed by atoms with Gasteiger partial charge in [0.2, 0.25) is 0 Å². The molecule has 1 N–H and O–H groups in total. The van der Waals surface area contributed by atoms with Crippen LogP contribution < -0.4 is 5.32 Å². The zero-order valence-corrected chi connectivity index (χ0v) is 13.2. The summed E-state index contributed by atoms with van der Waals surface area (Å²) >= 11 is 1.85. The van der Waals surface area contributed by atoms with Gasteiger partial charge in [0.05, 0.1) is 17.3 Å². The Kier molecular flexibility index (Phi) is 5.79. The van der Waals surface area contributed by atoms with E-state index in [0.717, 1.165) is 26.2 Å². The van der Waals surface area contributed by atoms with Crippen molar-refractivity contribution in [2.75, 3.05) is 19.8 Å². The Bertz CT molecular complexity index is 366. The number of ether oxygens (including phenoxy) is 1. The average Bonchev–Trinajstić information content (AvgIpc) is 2.74. The van der Waals surface area contributed by atoms with E-state index >= 15 is 0 Å². The van der Waals surface area contributed by atoms with E-state index in [-0.39, 0.29) is 0 Å². The molecule has 1 fully saturated rings. The quantitative estimate of drug-likeness (QED) is 0.870. The predicted octanol–water partition coefficient (Wildman–Crippen LogP) is 3.10. The molecule has 0 spiro atoms. The first-order valence-electron chi connectivity index (χ1n) is 7.44.